The van der Waals surface area contributed by atoms with Crippen molar-refractivity contribution in [3.63, 3.8) is 0 Å². The molecular formula is C15H22N2O4. The van der Waals surface area contributed by atoms with Crippen molar-refractivity contribution in [2.75, 3.05) is 45.5 Å². The Bertz CT molecular complexity index is 465. The summed E-state index contributed by atoms with van der Waals surface area (Å²) in [5.74, 6) is -0.155. The molecule has 21 heavy (non-hydrogen) atoms. The fourth-order valence-electron chi connectivity index (χ4n) is 2.10. The lowest BCUT2D eigenvalue weighted by molar-refractivity contribution is -0.121. The number of carbonyl (C=O) groups excluding carboxylic acids is 1. The van der Waals surface area contributed by atoms with Gasteiger partial charge in [-0.15, -0.1) is 0 Å². The number of methoxy groups -OCH3 is 1. The second-order valence-corrected chi connectivity index (χ2v) is 4.79. The Balaban J connectivity index is 1.61. The molecule has 1 aromatic rings. The van der Waals surface area contributed by atoms with E-state index in [0.717, 1.165) is 18.8 Å². The fraction of sp³-hybridized carbons (Fsp3) is 0.533. The van der Waals surface area contributed by atoms with Gasteiger partial charge < -0.3 is 24.8 Å². The first-order valence-corrected chi connectivity index (χ1v) is 7.06. The Hall–Kier alpha value is -1.47. The molecule has 0 radical (unpaired) electrons. The van der Waals surface area contributed by atoms with Crippen LogP contribution in [0, 0.1) is 0 Å². The molecule has 1 aliphatic rings. The summed E-state index contributed by atoms with van der Waals surface area (Å²) in [5.41, 5.74) is 3.33. The van der Waals surface area contributed by atoms with E-state index in [9.17, 15) is 4.79 Å². The van der Waals surface area contributed by atoms with Gasteiger partial charge in [0.15, 0.2) is 0 Å². The van der Waals surface area contributed by atoms with Crippen LogP contribution in [0.25, 0.3) is 0 Å². The zero-order valence-corrected chi connectivity index (χ0v) is 12.3. The van der Waals surface area contributed by atoms with Gasteiger partial charge in [0, 0.05) is 25.9 Å². The number of hydrogen-bond donors (Lipinski definition) is 2. The molecule has 0 saturated heterocycles. The van der Waals surface area contributed by atoms with Crippen LogP contribution in [-0.4, -0.2) is 46.1 Å². The van der Waals surface area contributed by atoms with Crippen molar-refractivity contribution >= 4 is 11.6 Å². The molecule has 6 heteroatoms. The highest BCUT2D eigenvalue weighted by Gasteiger charge is 2.11. The number of rotatable bonds is 9. The second kappa shape index (κ2) is 8.74. The highest BCUT2D eigenvalue weighted by atomic mass is 16.5. The smallest absolute Gasteiger partial charge is 0.250 e. The first-order chi connectivity index (χ1) is 10.3. The first-order valence-electron chi connectivity index (χ1n) is 7.06. The number of anilines is 1. The van der Waals surface area contributed by atoms with Crippen LogP contribution >= 0.6 is 0 Å². The minimum absolute atomic E-state index is 0.0307. The highest BCUT2D eigenvalue weighted by Crippen LogP contribution is 2.19. The molecular weight excluding hydrogens is 272 g/mol. The third kappa shape index (κ3) is 5.43. The van der Waals surface area contributed by atoms with Crippen molar-refractivity contribution in [2.45, 2.75) is 13.1 Å². The van der Waals surface area contributed by atoms with Crippen LogP contribution in [0.2, 0.25) is 0 Å². The van der Waals surface area contributed by atoms with Crippen molar-refractivity contribution in [1.82, 2.24) is 5.32 Å². The lowest BCUT2D eigenvalue weighted by Gasteiger charge is -2.08. The summed E-state index contributed by atoms with van der Waals surface area (Å²) in [6.07, 6.45) is 0. The predicted octanol–water partition coefficient (Wildman–Crippen LogP) is 0.908. The number of hydrogen-bond acceptors (Lipinski definition) is 5. The molecule has 0 fully saturated rings. The minimum Gasteiger partial charge on any atom is -0.382 e. The number of fused-ring (bicyclic) bond motifs is 1. The third-order valence-electron chi connectivity index (χ3n) is 3.16. The zero-order valence-electron chi connectivity index (χ0n) is 12.3. The summed E-state index contributed by atoms with van der Waals surface area (Å²) in [6.45, 7) is 3.74. The van der Waals surface area contributed by atoms with E-state index in [2.05, 4.69) is 10.6 Å². The van der Waals surface area contributed by atoms with Gasteiger partial charge in [-0.25, -0.2) is 0 Å². The van der Waals surface area contributed by atoms with Crippen molar-refractivity contribution < 1.29 is 19.0 Å². The monoisotopic (exact) mass is 294 g/mol. The number of nitrogens with one attached hydrogen (secondary N) is 2. The minimum atomic E-state index is -0.155. The molecule has 0 atom stereocenters. The average molecular weight is 294 g/mol. The van der Waals surface area contributed by atoms with Crippen LogP contribution in [-0.2, 0) is 32.1 Å². The van der Waals surface area contributed by atoms with E-state index in [1.54, 1.807) is 7.11 Å². The lowest BCUT2D eigenvalue weighted by Crippen LogP contribution is -2.20. The quantitative estimate of drug-likeness (QED) is 0.663. The maximum absolute atomic E-state index is 11.7. The molecule has 1 heterocycles. The first kappa shape index (κ1) is 15.9. The second-order valence-electron chi connectivity index (χ2n) is 4.79. The van der Waals surface area contributed by atoms with E-state index in [4.69, 9.17) is 14.2 Å². The van der Waals surface area contributed by atoms with Crippen LogP contribution < -0.4 is 10.6 Å². The Morgan fingerprint density at radius 1 is 1.14 bits per heavy atom. The van der Waals surface area contributed by atoms with E-state index < -0.39 is 0 Å². The SMILES string of the molecule is COCCOCCOCC(=O)Nc1ccc2c(c1)CNC2. The van der Waals surface area contributed by atoms with Crippen molar-refractivity contribution in [3.05, 3.63) is 29.3 Å². The molecule has 0 saturated carbocycles. The molecule has 0 spiro atoms. The van der Waals surface area contributed by atoms with Gasteiger partial charge in [0.05, 0.1) is 26.4 Å². The van der Waals surface area contributed by atoms with E-state index in [1.165, 1.54) is 11.1 Å². The fourth-order valence-corrected chi connectivity index (χ4v) is 2.10. The molecule has 1 amide bonds. The molecule has 0 bridgehead atoms. The van der Waals surface area contributed by atoms with E-state index in [1.807, 2.05) is 18.2 Å². The standard InChI is InChI=1S/C15H22N2O4/c1-19-4-5-20-6-7-21-11-15(18)17-14-3-2-12-9-16-10-13(12)8-14/h2-3,8,16H,4-7,9-11H2,1H3,(H,17,18). The van der Waals surface area contributed by atoms with Gasteiger partial charge in [-0.3, -0.25) is 4.79 Å². The molecule has 116 valence electrons. The van der Waals surface area contributed by atoms with Crippen molar-refractivity contribution in [1.29, 1.82) is 0 Å². The number of carbonyl (C=O) groups is 1. The summed E-state index contributed by atoms with van der Waals surface area (Å²) in [5, 5.41) is 6.10. The molecule has 0 aliphatic carbocycles. The van der Waals surface area contributed by atoms with Crippen LogP contribution in [0.3, 0.4) is 0 Å². The largest absolute Gasteiger partial charge is 0.382 e. The molecule has 6 nitrogen and oxygen atoms in total. The van der Waals surface area contributed by atoms with E-state index in [-0.39, 0.29) is 12.5 Å². The van der Waals surface area contributed by atoms with Gasteiger partial charge in [-0.05, 0) is 23.3 Å². The van der Waals surface area contributed by atoms with Crippen LogP contribution in [0.15, 0.2) is 18.2 Å². The van der Waals surface area contributed by atoms with Gasteiger partial charge in [-0.1, -0.05) is 6.07 Å². The predicted molar refractivity (Wildman–Crippen MR) is 79.1 cm³/mol. The molecule has 0 unspecified atom stereocenters. The average Bonchev–Trinajstić information content (AvgIpc) is 2.94. The topological polar surface area (TPSA) is 68.8 Å². The summed E-state index contributed by atoms with van der Waals surface area (Å²) < 4.78 is 15.3. The zero-order chi connectivity index (χ0) is 14.9. The molecule has 0 aromatic heterocycles. The van der Waals surface area contributed by atoms with E-state index >= 15 is 0 Å². The summed E-state index contributed by atoms with van der Waals surface area (Å²) in [7, 11) is 1.62. The molecule has 1 aliphatic heterocycles. The van der Waals surface area contributed by atoms with Crippen LogP contribution in [0.1, 0.15) is 11.1 Å². The molecule has 2 N–H and O–H groups in total. The molecule has 1 aromatic carbocycles. The number of benzene rings is 1. The highest BCUT2D eigenvalue weighted by molar-refractivity contribution is 5.91. The third-order valence-corrected chi connectivity index (χ3v) is 3.16. The van der Waals surface area contributed by atoms with Gasteiger partial charge in [0.1, 0.15) is 6.61 Å². The van der Waals surface area contributed by atoms with Gasteiger partial charge in [0.2, 0.25) is 5.91 Å². The summed E-state index contributed by atoms with van der Waals surface area (Å²) in [4.78, 5) is 11.7. The molecule has 2 rings (SSSR count). The van der Waals surface area contributed by atoms with E-state index in [0.29, 0.717) is 26.4 Å². The normalized spacial score (nSPS) is 13.2. The Morgan fingerprint density at radius 3 is 2.76 bits per heavy atom. The number of amides is 1. The maximum atomic E-state index is 11.7. The Labute approximate surface area is 124 Å². The number of ether oxygens (including phenoxy) is 3. The Kier molecular flexibility index (Phi) is 6.62. The van der Waals surface area contributed by atoms with Crippen LogP contribution in [0.4, 0.5) is 5.69 Å². The summed E-state index contributed by atoms with van der Waals surface area (Å²) in [6, 6.07) is 5.95. The Morgan fingerprint density at radius 2 is 1.90 bits per heavy atom. The van der Waals surface area contributed by atoms with Crippen LogP contribution in [0.5, 0.6) is 0 Å². The summed E-state index contributed by atoms with van der Waals surface area (Å²) >= 11 is 0. The van der Waals surface area contributed by atoms with Crippen molar-refractivity contribution in [2.24, 2.45) is 0 Å². The van der Waals surface area contributed by atoms with Crippen molar-refractivity contribution in [3.8, 4) is 0 Å². The van der Waals surface area contributed by atoms with Gasteiger partial charge >= 0.3 is 0 Å². The van der Waals surface area contributed by atoms with Gasteiger partial charge in [0.25, 0.3) is 0 Å². The maximum Gasteiger partial charge on any atom is 0.250 e. The lowest BCUT2D eigenvalue weighted by atomic mass is 10.1. The van der Waals surface area contributed by atoms with Gasteiger partial charge in [-0.2, -0.15) is 0 Å².